The molecule has 0 saturated heterocycles. The first-order valence-corrected chi connectivity index (χ1v) is 5.40. The number of aromatic carboxylic acids is 1. The molecule has 0 atom stereocenters. The predicted octanol–water partition coefficient (Wildman–Crippen LogP) is 3.69. The Bertz CT molecular complexity index is 735. The molecule has 0 bridgehead atoms. The van der Waals surface area contributed by atoms with E-state index in [9.17, 15) is 4.79 Å². The topological polar surface area (TPSA) is 37.3 Å². The Morgan fingerprint density at radius 3 is 2.28 bits per heavy atom. The molecule has 0 amide bonds. The number of rotatable bonds is 1. The van der Waals surface area contributed by atoms with Crippen LogP contribution in [0, 0.1) is 0 Å². The maximum absolute atomic E-state index is 10.9. The summed E-state index contributed by atoms with van der Waals surface area (Å²) >= 11 is 0. The first-order chi connectivity index (χ1) is 8.25. The number of benzene rings is 3. The third-order valence-electron chi connectivity index (χ3n) is 2.99. The Morgan fingerprint density at radius 1 is 0.833 bits per heavy atom. The summed E-state index contributed by atoms with van der Waals surface area (Å²) in [5.74, 6) is -0.889. The van der Waals surface area contributed by atoms with Gasteiger partial charge in [0.1, 0.15) is 0 Å². The average Bonchev–Trinajstić information content (AvgIpc) is 2.38. The van der Waals surface area contributed by atoms with Gasteiger partial charge >= 0.3 is 5.97 Å². The van der Waals surface area contributed by atoms with Crippen LogP contribution in [-0.2, 0) is 22.4 Å². The van der Waals surface area contributed by atoms with Crippen molar-refractivity contribution < 1.29 is 32.3 Å². The van der Waals surface area contributed by atoms with Gasteiger partial charge in [-0.1, -0.05) is 42.5 Å². The summed E-state index contributed by atoms with van der Waals surface area (Å²) in [5.41, 5.74) is 0.327. The van der Waals surface area contributed by atoms with Crippen LogP contribution in [0.3, 0.4) is 0 Å². The molecule has 93 valence electrons. The largest absolute Gasteiger partial charge is 0.478 e. The van der Waals surface area contributed by atoms with Crippen LogP contribution in [0.2, 0.25) is 0 Å². The van der Waals surface area contributed by atoms with E-state index in [0.717, 1.165) is 16.2 Å². The fourth-order valence-electron chi connectivity index (χ4n) is 2.15. The summed E-state index contributed by atoms with van der Waals surface area (Å²) < 4.78 is 0. The molecule has 3 aromatic rings. The molecule has 0 spiro atoms. The monoisotopic (exact) mass is 329 g/mol. The number of carboxylic acids is 1. The van der Waals surface area contributed by atoms with Gasteiger partial charge in [-0.05, 0) is 33.7 Å². The van der Waals surface area contributed by atoms with Crippen LogP contribution in [0.25, 0.3) is 21.5 Å². The van der Waals surface area contributed by atoms with Crippen molar-refractivity contribution in [2.75, 3.05) is 0 Å². The van der Waals surface area contributed by atoms with Gasteiger partial charge in [-0.25, -0.2) is 4.79 Å². The molecule has 0 aliphatic carbocycles. The second kappa shape index (κ2) is 4.94. The van der Waals surface area contributed by atoms with Crippen molar-refractivity contribution in [2.24, 2.45) is 0 Å². The zero-order chi connectivity index (χ0) is 11.8. The SMILES string of the molecule is O=C(O)c1ccc2c(ccc3ccccc32)c1.[Ag]. The van der Waals surface area contributed by atoms with Gasteiger partial charge in [0.15, 0.2) is 0 Å². The molecule has 3 rings (SSSR count). The van der Waals surface area contributed by atoms with E-state index in [2.05, 4.69) is 12.1 Å². The van der Waals surface area contributed by atoms with Crippen molar-refractivity contribution in [3.05, 3.63) is 60.2 Å². The zero-order valence-electron chi connectivity index (χ0n) is 9.35. The normalized spacial score (nSPS) is 10.2. The number of hydrogen-bond donors (Lipinski definition) is 1. The molecule has 0 fully saturated rings. The summed E-state index contributed by atoms with van der Waals surface area (Å²) in [6.45, 7) is 0. The van der Waals surface area contributed by atoms with Crippen molar-refractivity contribution in [2.45, 2.75) is 0 Å². The first-order valence-electron chi connectivity index (χ1n) is 5.40. The van der Waals surface area contributed by atoms with E-state index in [1.807, 2.05) is 30.3 Å². The predicted molar refractivity (Wildman–Crippen MR) is 68.4 cm³/mol. The maximum atomic E-state index is 10.9. The van der Waals surface area contributed by atoms with Crippen LogP contribution in [0.1, 0.15) is 10.4 Å². The van der Waals surface area contributed by atoms with Crippen molar-refractivity contribution in [3.63, 3.8) is 0 Å². The van der Waals surface area contributed by atoms with E-state index < -0.39 is 5.97 Å². The number of carbonyl (C=O) groups is 1. The third kappa shape index (κ3) is 2.06. The minimum Gasteiger partial charge on any atom is -0.478 e. The summed E-state index contributed by atoms with van der Waals surface area (Å²) in [7, 11) is 0. The van der Waals surface area contributed by atoms with E-state index in [1.54, 1.807) is 12.1 Å². The standard InChI is InChI=1S/C15H10O2.Ag/c16-15(17)12-7-8-14-11(9-12)6-5-10-3-1-2-4-13(10)14;/h1-9H,(H,16,17);. The average molecular weight is 330 g/mol. The molecule has 2 nitrogen and oxygen atoms in total. The number of hydrogen-bond acceptors (Lipinski definition) is 1. The first kappa shape index (κ1) is 12.8. The summed E-state index contributed by atoms with van der Waals surface area (Å²) in [6.07, 6.45) is 0. The Labute approximate surface area is 120 Å². The number of fused-ring (bicyclic) bond motifs is 3. The van der Waals surface area contributed by atoms with Crippen molar-refractivity contribution in [1.82, 2.24) is 0 Å². The second-order valence-electron chi connectivity index (χ2n) is 4.03. The molecule has 0 aliphatic rings. The molecule has 3 aromatic carbocycles. The van der Waals surface area contributed by atoms with E-state index in [1.165, 1.54) is 5.39 Å². The molecule has 3 heteroatoms. The van der Waals surface area contributed by atoms with Crippen molar-refractivity contribution in [1.29, 1.82) is 0 Å². The quantitative estimate of drug-likeness (QED) is 0.546. The van der Waals surface area contributed by atoms with Crippen LogP contribution in [-0.4, -0.2) is 11.1 Å². The van der Waals surface area contributed by atoms with E-state index >= 15 is 0 Å². The van der Waals surface area contributed by atoms with Crippen molar-refractivity contribution >= 4 is 27.5 Å². The maximum Gasteiger partial charge on any atom is 0.335 e. The van der Waals surface area contributed by atoms with Gasteiger partial charge in [0.05, 0.1) is 5.56 Å². The minimum atomic E-state index is -0.889. The summed E-state index contributed by atoms with van der Waals surface area (Å²) in [4.78, 5) is 10.9. The van der Waals surface area contributed by atoms with Crippen LogP contribution in [0.15, 0.2) is 54.6 Å². The molecule has 0 aromatic heterocycles. The van der Waals surface area contributed by atoms with Crippen LogP contribution >= 0.6 is 0 Å². The Kier molecular flexibility index (Phi) is 3.53. The van der Waals surface area contributed by atoms with Gasteiger partial charge in [-0.3, -0.25) is 0 Å². The van der Waals surface area contributed by atoms with Gasteiger partial charge in [0.2, 0.25) is 0 Å². The van der Waals surface area contributed by atoms with Crippen molar-refractivity contribution in [3.8, 4) is 0 Å². The third-order valence-corrected chi connectivity index (χ3v) is 2.99. The molecular weight excluding hydrogens is 320 g/mol. The van der Waals surface area contributed by atoms with E-state index in [-0.39, 0.29) is 22.4 Å². The van der Waals surface area contributed by atoms with E-state index in [4.69, 9.17) is 5.11 Å². The molecule has 0 aliphatic heterocycles. The second-order valence-corrected chi connectivity index (χ2v) is 4.03. The van der Waals surface area contributed by atoms with Crippen LogP contribution in [0.5, 0.6) is 0 Å². The van der Waals surface area contributed by atoms with Gasteiger partial charge in [-0.15, -0.1) is 0 Å². The molecule has 1 radical (unpaired) electrons. The fourth-order valence-corrected chi connectivity index (χ4v) is 2.15. The van der Waals surface area contributed by atoms with Gasteiger partial charge < -0.3 is 5.11 Å². The molecular formula is C15H10AgO2. The van der Waals surface area contributed by atoms with Gasteiger partial charge in [0, 0.05) is 22.4 Å². The fraction of sp³-hybridized carbons (Fsp3) is 0. The summed E-state index contributed by atoms with van der Waals surface area (Å²) in [6, 6.07) is 17.3. The number of carboxylic acid groups (broad SMARTS) is 1. The summed E-state index contributed by atoms with van der Waals surface area (Å²) in [5, 5.41) is 13.3. The Balaban J connectivity index is 0.00000120. The molecule has 0 unspecified atom stereocenters. The molecule has 0 saturated carbocycles. The Morgan fingerprint density at radius 2 is 1.50 bits per heavy atom. The van der Waals surface area contributed by atoms with Crippen LogP contribution < -0.4 is 0 Å². The Hall–Kier alpha value is -1.61. The zero-order valence-corrected chi connectivity index (χ0v) is 10.8. The minimum absolute atomic E-state index is 0. The van der Waals surface area contributed by atoms with Gasteiger partial charge in [0.25, 0.3) is 0 Å². The van der Waals surface area contributed by atoms with Crippen LogP contribution in [0.4, 0.5) is 0 Å². The molecule has 1 N–H and O–H groups in total. The van der Waals surface area contributed by atoms with Gasteiger partial charge in [-0.2, -0.15) is 0 Å². The van der Waals surface area contributed by atoms with E-state index in [0.29, 0.717) is 5.56 Å². The molecule has 18 heavy (non-hydrogen) atoms. The smallest absolute Gasteiger partial charge is 0.335 e. The molecule has 0 heterocycles.